The first-order chi connectivity index (χ1) is 11.3. The van der Waals surface area contributed by atoms with Crippen molar-refractivity contribution in [2.75, 3.05) is 16.8 Å². The number of fused-ring (bicyclic) bond motifs is 1. The number of aromatic nitrogens is 2. The van der Waals surface area contributed by atoms with Gasteiger partial charge in [-0.3, -0.25) is 4.79 Å². The van der Waals surface area contributed by atoms with Crippen LogP contribution in [-0.2, 0) is 16.6 Å². The second kappa shape index (κ2) is 5.92. The van der Waals surface area contributed by atoms with Crippen LogP contribution in [0.15, 0.2) is 22.7 Å². The molecule has 1 atom stereocenters. The van der Waals surface area contributed by atoms with E-state index in [0.717, 1.165) is 24.3 Å². The van der Waals surface area contributed by atoms with Crippen molar-refractivity contribution in [2.45, 2.75) is 52.5 Å². The number of rotatable bonds is 3. The van der Waals surface area contributed by atoms with Crippen molar-refractivity contribution in [3.63, 3.8) is 0 Å². The van der Waals surface area contributed by atoms with Gasteiger partial charge in [0.05, 0.1) is 0 Å². The number of carbonyl (C=O) groups excluding carboxylic acids is 1. The molecular weight excluding hydrogens is 304 g/mol. The Morgan fingerprint density at radius 2 is 2.12 bits per heavy atom. The summed E-state index contributed by atoms with van der Waals surface area (Å²) in [5.41, 5.74) is 3.05. The summed E-state index contributed by atoms with van der Waals surface area (Å²) < 4.78 is 5.39. The highest BCUT2D eigenvalue weighted by atomic mass is 16.5. The molecule has 1 amide bonds. The van der Waals surface area contributed by atoms with Gasteiger partial charge in [0.2, 0.25) is 11.8 Å². The van der Waals surface area contributed by atoms with E-state index in [-0.39, 0.29) is 17.4 Å². The van der Waals surface area contributed by atoms with Crippen LogP contribution in [-0.4, -0.2) is 22.6 Å². The van der Waals surface area contributed by atoms with E-state index in [1.54, 1.807) is 6.92 Å². The zero-order valence-electron chi connectivity index (χ0n) is 14.9. The Kier molecular flexibility index (Phi) is 4.07. The summed E-state index contributed by atoms with van der Waals surface area (Å²) in [6.07, 6.45) is 0.882. The number of nitrogens with zero attached hydrogens (tertiary/aromatic N) is 3. The van der Waals surface area contributed by atoms with Crippen LogP contribution in [0.2, 0.25) is 0 Å². The van der Waals surface area contributed by atoms with Crippen LogP contribution in [0.4, 0.5) is 11.4 Å². The van der Waals surface area contributed by atoms with Gasteiger partial charge in [0.15, 0.2) is 5.82 Å². The molecule has 1 N–H and O–H groups in total. The summed E-state index contributed by atoms with van der Waals surface area (Å²) in [6.45, 7) is 10.5. The number of benzene rings is 1. The van der Waals surface area contributed by atoms with Gasteiger partial charge < -0.3 is 14.7 Å². The molecule has 1 aromatic heterocycles. The Balaban J connectivity index is 1.75. The number of hydrogen-bond donors (Lipinski definition) is 1. The quantitative estimate of drug-likeness (QED) is 0.934. The van der Waals surface area contributed by atoms with Crippen molar-refractivity contribution < 1.29 is 9.32 Å². The highest BCUT2D eigenvalue weighted by Gasteiger charge is 2.24. The smallest absolute Gasteiger partial charge is 0.248 e. The van der Waals surface area contributed by atoms with E-state index in [1.807, 2.05) is 24.0 Å². The summed E-state index contributed by atoms with van der Waals surface area (Å²) in [5.74, 6) is 1.37. The first-order valence-electron chi connectivity index (χ1n) is 8.27. The van der Waals surface area contributed by atoms with Crippen molar-refractivity contribution in [3.8, 4) is 0 Å². The molecule has 0 radical (unpaired) electrons. The number of anilines is 2. The van der Waals surface area contributed by atoms with E-state index in [9.17, 15) is 4.79 Å². The molecular formula is C18H24N4O2. The fraction of sp³-hybridized carbons (Fsp3) is 0.500. The minimum atomic E-state index is -0.134. The minimum absolute atomic E-state index is 0.0861. The molecule has 2 aromatic rings. The van der Waals surface area contributed by atoms with Gasteiger partial charge in [-0.15, -0.1) is 0 Å². The summed E-state index contributed by atoms with van der Waals surface area (Å²) in [4.78, 5) is 17.9. The topological polar surface area (TPSA) is 71.3 Å². The van der Waals surface area contributed by atoms with E-state index < -0.39 is 0 Å². The fourth-order valence-corrected chi connectivity index (χ4v) is 2.85. The van der Waals surface area contributed by atoms with Crippen LogP contribution in [0.25, 0.3) is 0 Å². The van der Waals surface area contributed by atoms with E-state index in [2.05, 4.69) is 42.3 Å². The van der Waals surface area contributed by atoms with Crippen molar-refractivity contribution in [1.82, 2.24) is 10.1 Å². The standard InChI is InChI=1S/C18H24N4O2/c1-11(16-20-17(21-24-16)18(3,4)5)19-14-6-7-15-13(10-14)8-9-22(15)12(2)23/h6-7,10-11,19H,8-9H2,1-5H3/t11-/m0/s1. The van der Waals surface area contributed by atoms with Gasteiger partial charge in [0.1, 0.15) is 6.04 Å². The highest BCUT2D eigenvalue weighted by Crippen LogP contribution is 2.31. The minimum Gasteiger partial charge on any atom is -0.374 e. The highest BCUT2D eigenvalue weighted by molar-refractivity contribution is 5.94. The van der Waals surface area contributed by atoms with Crippen LogP contribution in [0.3, 0.4) is 0 Å². The summed E-state index contributed by atoms with van der Waals surface area (Å²) in [7, 11) is 0. The van der Waals surface area contributed by atoms with Crippen LogP contribution in [0.5, 0.6) is 0 Å². The number of nitrogens with one attached hydrogen (secondary N) is 1. The Hall–Kier alpha value is -2.37. The first-order valence-corrected chi connectivity index (χ1v) is 8.27. The van der Waals surface area contributed by atoms with Crippen LogP contribution in [0.1, 0.15) is 57.9 Å². The third-order valence-electron chi connectivity index (χ3n) is 4.22. The first kappa shape index (κ1) is 16.5. The zero-order valence-corrected chi connectivity index (χ0v) is 14.9. The predicted molar refractivity (Wildman–Crippen MR) is 93.2 cm³/mol. The van der Waals surface area contributed by atoms with E-state index >= 15 is 0 Å². The van der Waals surface area contributed by atoms with Gasteiger partial charge in [0.25, 0.3) is 0 Å². The molecule has 6 nitrogen and oxygen atoms in total. The molecule has 0 unspecified atom stereocenters. The monoisotopic (exact) mass is 328 g/mol. The van der Waals surface area contributed by atoms with Gasteiger partial charge in [-0.2, -0.15) is 4.98 Å². The second-order valence-corrected chi connectivity index (χ2v) is 7.34. The fourth-order valence-electron chi connectivity index (χ4n) is 2.85. The maximum Gasteiger partial charge on any atom is 0.248 e. The van der Waals surface area contributed by atoms with Gasteiger partial charge >= 0.3 is 0 Å². The lowest BCUT2D eigenvalue weighted by molar-refractivity contribution is -0.116. The molecule has 2 heterocycles. The molecule has 0 bridgehead atoms. The average Bonchev–Trinajstić information content (AvgIpc) is 3.13. The third-order valence-corrected chi connectivity index (χ3v) is 4.22. The van der Waals surface area contributed by atoms with Crippen LogP contribution < -0.4 is 10.2 Å². The summed E-state index contributed by atoms with van der Waals surface area (Å²) >= 11 is 0. The number of hydrogen-bond acceptors (Lipinski definition) is 5. The predicted octanol–water partition coefficient (Wildman–Crippen LogP) is 3.45. The summed E-state index contributed by atoms with van der Waals surface area (Å²) in [6, 6.07) is 5.98. The zero-order chi connectivity index (χ0) is 17.5. The molecule has 0 aliphatic carbocycles. The van der Waals surface area contributed by atoms with Crippen molar-refractivity contribution in [2.24, 2.45) is 0 Å². The largest absolute Gasteiger partial charge is 0.374 e. The molecule has 0 fully saturated rings. The number of amides is 1. The van der Waals surface area contributed by atoms with Crippen molar-refractivity contribution in [3.05, 3.63) is 35.5 Å². The Bertz CT molecular complexity index is 761. The van der Waals surface area contributed by atoms with E-state index in [4.69, 9.17) is 4.52 Å². The van der Waals surface area contributed by atoms with Crippen LogP contribution >= 0.6 is 0 Å². The number of carbonyl (C=O) groups is 1. The molecule has 24 heavy (non-hydrogen) atoms. The lowest BCUT2D eigenvalue weighted by Gasteiger charge is -2.16. The molecule has 1 aliphatic heterocycles. The molecule has 0 spiro atoms. The maximum atomic E-state index is 11.6. The van der Waals surface area contributed by atoms with E-state index in [1.165, 1.54) is 5.56 Å². The third kappa shape index (κ3) is 3.13. The lowest BCUT2D eigenvalue weighted by Crippen LogP contribution is -2.25. The normalized spacial score (nSPS) is 15.3. The Morgan fingerprint density at radius 3 is 2.75 bits per heavy atom. The lowest BCUT2D eigenvalue weighted by atomic mass is 9.96. The second-order valence-electron chi connectivity index (χ2n) is 7.34. The van der Waals surface area contributed by atoms with Crippen molar-refractivity contribution >= 4 is 17.3 Å². The Labute approximate surface area is 142 Å². The molecule has 0 saturated carbocycles. The maximum absolute atomic E-state index is 11.6. The molecule has 128 valence electrons. The van der Waals surface area contributed by atoms with Crippen molar-refractivity contribution in [1.29, 1.82) is 0 Å². The van der Waals surface area contributed by atoms with Crippen LogP contribution in [0, 0.1) is 0 Å². The van der Waals surface area contributed by atoms with Gasteiger partial charge in [-0.05, 0) is 37.1 Å². The SMILES string of the molecule is CC(=O)N1CCc2cc(N[C@@H](C)c3nc(C(C)(C)C)no3)ccc21. The molecule has 3 rings (SSSR count). The molecule has 0 saturated heterocycles. The average molecular weight is 328 g/mol. The molecule has 1 aliphatic rings. The van der Waals surface area contributed by atoms with Gasteiger partial charge in [-0.25, -0.2) is 0 Å². The summed E-state index contributed by atoms with van der Waals surface area (Å²) in [5, 5.41) is 7.46. The van der Waals surface area contributed by atoms with Gasteiger partial charge in [-0.1, -0.05) is 25.9 Å². The molecule has 1 aromatic carbocycles. The molecule has 6 heteroatoms. The van der Waals surface area contributed by atoms with E-state index in [0.29, 0.717) is 11.7 Å². The van der Waals surface area contributed by atoms with Gasteiger partial charge in [0, 0.05) is 30.3 Å². The Morgan fingerprint density at radius 1 is 1.38 bits per heavy atom.